The molecule has 0 aliphatic carbocycles. The van der Waals surface area contributed by atoms with Crippen LogP contribution in [0.4, 0.5) is 28.4 Å². The highest BCUT2D eigenvalue weighted by Crippen LogP contribution is 2.51. The van der Waals surface area contributed by atoms with Gasteiger partial charge in [-0.25, -0.2) is 0 Å². The summed E-state index contributed by atoms with van der Waals surface area (Å²) in [5, 5.41) is 2.29. The Bertz CT molecular complexity index is 3180. The summed E-state index contributed by atoms with van der Waals surface area (Å²) < 4.78 is 6.75. The third-order valence-electron chi connectivity index (χ3n) is 13.1. The van der Waals surface area contributed by atoms with Crippen LogP contribution in [-0.4, -0.2) is 6.85 Å². The summed E-state index contributed by atoms with van der Waals surface area (Å²) in [5.41, 5.74) is 21.4. The van der Waals surface area contributed by atoms with Crippen molar-refractivity contribution in [3.63, 3.8) is 0 Å². The average molecular weight is 789 g/mol. The first-order valence-electron chi connectivity index (χ1n) is 21.6. The maximum Gasteiger partial charge on any atom is 0.333 e. The van der Waals surface area contributed by atoms with E-state index in [0.717, 1.165) is 39.0 Å². The number of para-hydroxylation sites is 2. The quantitative estimate of drug-likeness (QED) is 0.166. The first-order valence-corrected chi connectivity index (χ1v) is 21.6. The van der Waals surface area contributed by atoms with Crippen LogP contribution in [0.25, 0.3) is 55.3 Å². The highest BCUT2D eigenvalue weighted by atomic mass is 16.3. The molecule has 0 saturated carbocycles. The standard InChI is InChI=1S/C57H49BN2O/c1-36-17-11-12-20-42(36)38-33-46-45-35-40(57(5,6)7)27-30-48(45)60(41-28-25-39(26-29-41)56(2,3)4)58-54(46)50(34-38)59(47-23-15-13-21-43(47)37-18-9-8-10-19-37)49-31-32-52-53(55(49)58)44-22-14-16-24-51(44)61-52/h8-35H,1-7H3. The van der Waals surface area contributed by atoms with Gasteiger partial charge in [0.1, 0.15) is 11.2 Å². The van der Waals surface area contributed by atoms with Crippen molar-refractivity contribution >= 4 is 68.1 Å². The number of hydrogen-bond acceptors (Lipinski definition) is 3. The van der Waals surface area contributed by atoms with Crippen LogP contribution >= 0.6 is 0 Å². The zero-order chi connectivity index (χ0) is 41.8. The summed E-state index contributed by atoms with van der Waals surface area (Å²) in [6, 6.07) is 63.2. The maximum absolute atomic E-state index is 6.75. The normalized spacial score (nSPS) is 13.4. The number of nitrogens with zero attached hydrogens (tertiary/aromatic N) is 2. The van der Waals surface area contributed by atoms with E-state index in [-0.39, 0.29) is 17.7 Å². The second-order valence-corrected chi connectivity index (χ2v) is 19.0. The van der Waals surface area contributed by atoms with Crippen molar-refractivity contribution in [2.75, 3.05) is 9.71 Å². The van der Waals surface area contributed by atoms with Crippen molar-refractivity contribution in [1.29, 1.82) is 0 Å². The van der Waals surface area contributed by atoms with Gasteiger partial charge < -0.3 is 14.1 Å². The lowest BCUT2D eigenvalue weighted by Gasteiger charge is -2.46. The zero-order valence-corrected chi connectivity index (χ0v) is 36.0. The minimum atomic E-state index is -0.177. The molecule has 2 aliphatic heterocycles. The molecule has 3 heterocycles. The van der Waals surface area contributed by atoms with Crippen molar-refractivity contribution in [2.45, 2.75) is 59.3 Å². The molecule has 0 unspecified atom stereocenters. The third-order valence-corrected chi connectivity index (χ3v) is 13.1. The molecule has 8 aromatic carbocycles. The van der Waals surface area contributed by atoms with Crippen molar-refractivity contribution in [1.82, 2.24) is 0 Å². The zero-order valence-electron chi connectivity index (χ0n) is 36.0. The summed E-state index contributed by atoms with van der Waals surface area (Å²) in [4.78, 5) is 5.20. The molecule has 0 radical (unpaired) electrons. The number of benzene rings is 8. The van der Waals surface area contributed by atoms with E-state index in [1.54, 1.807) is 0 Å². The van der Waals surface area contributed by atoms with Crippen molar-refractivity contribution in [3.05, 3.63) is 187 Å². The lowest BCUT2D eigenvalue weighted by molar-refractivity contribution is 0.590. The number of anilines is 5. The summed E-state index contributed by atoms with van der Waals surface area (Å²) in [5.74, 6) is 0. The van der Waals surface area contributed by atoms with Crippen LogP contribution < -0.4 is 20.6 Å². The van der Waals surface area contributed by atoms with E-state index in [1.165, 1.54) is 72.4 Å². The molecule has 0 atom stereocenters. The van der Waals surface area contributed by atoms with Crippen LogP contribution in [0.3, 0.4) is 0 Å². The van der Waals surface area contributed by atoms with Gasteiger partial charge in [-0.05, 0) is 128 Å². The van der Waals surface area contributed by atoms with Gasteiger partial charge in [0.25, 0.3) is 0 Å². The molecule has 3 nitrogen and oxygen atoms in total. The Labute approximate surface area is 360 Å². The van der Waals surface area contributed by atoms with Gasteiger partial charge in [-0.2, -0.15) is 0 Å². The highest BCUT2D eigenvalue weighted by molar-refractivity contribution is 6.95. The molecule has 1 aromatic heterocycles. The molecule has 11 rings (SSSR count). The molecule has 2 aliphatic rings. The van der Waals surface area contributed by atoms with E-state index >= 15 is 0 Å². The van der Waals surface area contributed by atoms with Crippen LogP contribution in [0.15, 0.2) is 174 Å². The SMILES string of the molecule is Cc1ccccc1-c1cc2c3c(c1)N(c1ccccc1-c1ccccc1)c1ccc4oc5ccccc5c4c1B3N(c1ccc(C(C)(C)C)cc1)c1ccc(C(C)(C)C)cc1-2. The fraction of sp³-hybridized carbons (Fsp3) is 0.158. The van der Waals surface area contributed by atoms with Gasteiger partial charge in [0.05, 0.1) is 5.69 Å². The van der Waals surface area contributed by atoms with Gasteiger partial charge in [-0.15, -0.1) is 0 Å². The number of aryl methyl sites for hydroxylation is 1. The van der Waals surface area contributed by atoms with Crippen molar-refractivity contribution < 1.29 is 4.42 Å². The van der Waals surface area contributed by atoms with Gasteiger partial charge >= 0.3 is 6.85 Å². The Balaban J connectivity index is 1.33. The summed E-state index contributed by atoms with van der Waals surface area (Å²) >= 11 is 0. The highest BCUT2D eigenvalue weighted by Gasteiger charge is 2.47. The molecule has 0 bridgehead atoms. The topological polar surface area (TPSA) is 19.6 Å². The van der Waals surface area contributed by atoms with Crippen LogP contribution in [0.1, 0.15) is 58.2 Å². The summed E-state index contributed by atoms with van der Waals surface area (Å²) in [6.07, 6.45) is 0. The van der Waals surface area contributed by atoms with Gasteiger partial charge in [0, 0.05) is 44.6 Å². The Morgan fingerprint density at radius 3 is 1.85 bits per heavy atom. The molecule has 0 fully saturated rings. The minimum absolute atomic E-state index is 0.0254. The number of furan rings is 1. The summed E-state index contributed by atoms with van der Waals surface area (Å²) in [7, 11) is 0. The molecular weight excluding hydrogens is 739 g/mol. The van der Waals surface area contributed by atoms with Crippen LogP contribution in [0.2, 0.25) is 0 Å². The van der Waals surface area contributed by atoms with Gasteiger partial charge in [-0.3, -0.25) is 0 Å². The van der Waals surface area contributed by atoms with Crippen LogP contribution in [0, 0.1) is 6.92 Å². The van der Waals surface area contributed by atoms with E-state index in [1.807, 2.05) is 0 Å². The smallest absolute Gasteiger partial charge is 0.333 e. The molecule has 0 saturated heterocycles. The monoisotopic (exact) mass is 788 g/mol. The van der Waals surface area contributed by atoms with Gasteiger partial charge in [-0.1, -0.05) is 151 Å². The minimum Gasteiger partial charge on any atom is -0.456 e. The predicted molar refractivity (Wildman–Crippen MR) is 260 cm³/mol. The van der Waals surface area contributed by atoms with E-state index in [0.29, 0.717) is 0 Å². The molecule has 9 aromatic rings. The molecule has 0 amide bonds. The van der Waals surface area contributed by atoms with Crippen LogP contribution in [-0.2, 0) is 10.8 Å². The molecule has 4 heteroatoms. The maximum atomic E-state index is 6.75. The summed E-state index contributed by atoms with van der Waals surface area (Å²) in [6.45, 7) is 15.9. The lowest BCUT2D eigenvalue weighted by atomic mass is 9.42. The Kier molecular flexibility index (Phi) is 8.32. The largest absolute Gasteiger partial charge is 0.456 e. The van der Waals surface area contributed by atoms with Crippen molar-refractivity contribution in [2.24, 2.45) is 0 Å². The molecule has 0 N–H and O–H groups in total. The first kappa shape index (κ1) is 37.2. The van der Waals surface area contributed by atoms with Gasteiger partial charge in [0.2, 0.25) is 0 Å². The Hall–Kier alpha value is -6.78. The number of fused-ring (bicyclic) bond motifs is 8. The second-order valence-electron chi connectivity index (χ2n) is 19.0. The lowest BCUT2D eigenvalue weighted by Crippen LogP contribution is -2.61. The number of hydrogen-bond donors (Lipinski definition) is 0. The van der Waals surface area contributed by atoms with Gasteiger partial charge in [0.15, 0.2) is 0 Å². The molecule has 61 heavy (non-hydrogen) atoms. The third kappa shape index (κ3) is 5.87. The average Bonchev–Trinajstić information content (AvgIpc) is 3.65. The van der Waals surface area contributed by atoms with Crippen LogP contribution in [0.5, 0.6) is 0 Å². The second kappa shape index (κ2) is 13.6. The molecule has 296 valence electrons. The fourth-order valence-corrected chi connectivity index (χ4v) is 9.99. The van der Waals surface area contributed by atoms with E-state index in [4.69, 9.17) is 4.42 Å². The fourth-order valence-electron chi connectivity index (χ4n) is 9.99. The van der Waals surface area contributed by atoms with E-state index < -0.39 is 0 Å². The van der Waals surface area contributed by atoms with Crippen molar-refractivity contribution in [3.8, 4) is 33.4 Å². The van der Waals surface area contributed by atoms with E-state index in [2.05, 4.69) is 228 Å². The predicted octanol–water partition coefficient (Wildman–Crippen LogP) is 14.5. The Morgan fingerprint density at radius 1 is 0.443 bits per heavy atom. The first-order chi connectivity index (χ1) is 29.5. The molecule has 0 spiro atoms. The number of rotatable bonds is 4. The molecular formula is C57H49BN2O. The Morgan fingerprint density at radius 2 is 1.10 bits per heavy atom. The van der Waals surface area contributed by atoms with E-state index in [9.17, 15) is 0 Å².